The molecule has 0 aliphatic rings. The van der Waals surface area contributed by atoms with Gasteiger partial charge in [-0.2, -0.15) is 5.26 Å². The summed E-state index contributed by atoms with van der Waals surface area (Å²) in [6, 6.07) is 9.25. The van der Waals surface area contributed by atoms with Gasteiger partial charge in [0.05, 0.1) is 6.20 Å². The minimum Gasteiger partial charge on any atom is -0.372 e. The number of benzene rings is 1. The number of halogens is 1. The van der Waals surface area contributed by atoms with E-state index < -0.39 is 0 Å². The molecule has 17 heavy (non-hydrogen) atoms. The van der Waals surface area contributed by atoms with Gasteiger partial charge in [-0.3, -0.25) is 0 Å². The van der Waals surface area contributed by atoms with Gasteiger partial charge in [-0.05, 0) is 24.3 Å². The van der Waals surface area contributed by atoms with Crippen molar-refractivity contribution in [1.29, 1.82) is 5.26 Å². The first kappa shape index (κ1) is 11.4. The summed E-state index contributed by atoms with van der Waals surface area (Å²) in [4.78, 5) is 8.42. The van der Waals surface area contributed by atoms with Crippen LogP contribution in [0.2, 0.25) is 5.02 Å². The summed E-state index contributed by atoms with van der Waals surface area (Å²) in [6.07, 6.45) is 1.50. The summed E-state index contributed by atoms with van der Waals surface area (Å²) in [5.41, 5.74) is 1.28. The molecular weight excluding hydrogens is 236 g/mol. The molecule has 5 heteroatoms. The zero-order valence-electron chi connectivity index (χ0n) is 9.11. The van der Waals surface area contributed by atoms with E-state index >= 15 is 0 Å². The fourth-order valence-electron chi connectivity index (χ4n) is 1.39. The standard InChI is InChI=1S/C12H9ClN4/c1-15-11-9(6-14)7-16-12(17-11)8-2-4-10(13)5-3-8/h2-5,7H,1H3,(H,15,16,17). The lowest BCUT2D eigenvalue weighted by atomic mass is 10.2. The van der Waals surface area contributed by atoms with Crippen LogP contribution in [0.4, 0.5) is 5.82 Å². The molecule has 1 heterocycles. The van der Waals surface area contributed by atoms with Gasteiger partial charge in [-0.15, -0.1) is 0 Å². The molecule has 0 amide bonds. The average Bonchev–Trinajstić information content (AvgIpc) is 2.39. The van der Waals surface area contributed by atoms with E-state index in [1.807, 2.05) is 18.2 Å². The molecule has 1 aromatic carbocycles. The second-order valence-corrected chi connectivity index (χ2v) is 3.76. The van der Waals surface area contributed by atoms with Crippen molar-refractivity contribution in [2.45, 2.75) is 0 Å². The van der Waals surface area contributed by atoms with Crippen molar-refractivity contribution < 1.29 is 0 Å². The molecular formula is C12H9ClN4. The van der Waals surface area contributed by atoms with Crippen LogP contribution in [-0.2, 0) is 0 Å². The Hall–Kier alpha value is -2.12. The van der Waals surface area contributed by atoms with E-state index in [-0.39, 0.29) is 0 Å². The Morgan fingerprint density at radius 3 is 2.59 bits per heavy atom. The second kappa shape index (κ2) is 4.81. The van der Waals surface area contributed by atoms with Crippen LogP contribution >= 0.6 is 11.6 Å². The Kier molecular flexibility index (Phi) is 3.22. The Balaban J connectivity index is 2.47. The summed E-state index contributed by atoms with van der Waals surface area (Å²) in [7, 11) is 1.72. The van der Waals surface area contributed by atoms with Gasteiger partial charge < -0.3 is 5.32 Å². The number of nitrogens with zero attached hydrogens (tertiary/aromatic N) is 3. The Morgan fingerprint density at radius 2 is 2.00 bits per heavy atom. The Labute approximate surface area is 104 Å². The van der Waals surface area contributed by atoms with Gasteiger partial charge in [0.1, 0.15) is 17.5 Å². The number of nitriles is 1. The normalized spacial score (nSPS) is 9.71. The number of nitrogens with one attached hydrogen (secondary N) is 1. The smallest absolute Gasteiger partial charge is 0.161 e. The molecule has 84 valence electrons. The average molecular weight is 245 g/mol. The number of rotatable bonds is 2. The number of hydrogen-bond donors (Lipinski definition) is 1. The SMILES string of the molecule is CNc1nc(-c2ccc(Cl)cc2)ncc1C#N. The molecule has 0 unspecified atom stereocenters. The zero-order valence-corrected chi connectivity index (χ0v) is 9.86. The fourth-order valence-corrected chi connectivity index (χ4v) is 1.52. The number of hydrogen-bond acceptors (Lipinski definition) is 4. The third-order valence-corrected chi connectivity index (χ3v) is 2.50. The maximum absolute atomic E-state index is 8.86. The summed E-state index contributed by atoms with van der Waals surface area (Å²) in [6.45, 7) is 0. The minimum absolute atomic E-state index is 0.421. The fraction of sp³-hybridized carbons (Fsp3) is 0.0833. The van der Waals surface area contributed by atoms with Gasteiger partial charge in [0.15, 0.2) is 5.82 Å². The van der Waals surface area contributed by atoms with E-state index in [1.54, 1.807) is 19.2 Å². The summed E-state index contributed by atoms with van der Waals surface area (Å²) in [5.74, 6) is 1.08. The van der Waals surface area contributed by atoms with Crippen LogP contribution in [0.25, 0.3) is 11.4 Å². The molecule has 2 aromatic rings. The van der Waals surface area contributed by atoms with E-state index in [9.17, 15) is 0 Å². The third kappa shape index (κ3) is 2.35. The van der Waals surface area contributed by atoms with Gasteiger partial charge in [0.2, 0.25) is 0 Å². The quantitative estimate of drug-likeness (QED) is 0.882. The van der Waals surface area contributed by atoms with Crippen LogP contribution in [0.1, 0.15) is 5.56 Å². The Morgan fingerprint density at radius 1 is 1.29 bits per heavy atom. The van der Waals surface area contributed by atoms with E-state index in [1.165, 1.54) is 6.20 Å². The molecule has 4 nitrogen and oxygen atoms in total. The van der Waals surface area contributed by atoms with E-state index in [4.69, 9.17) is 16.9 Å². The van der Waals surface area contributed by atoms with E-state index in [0.717, 1.165) is 5.56 Å². The molecule has 0 aliphatic heterocycles. The molecule has 0 saturated heterocycles. The van der Waals surface area contributed by atoms with Crippen molar-refractivity contribution in [3.8, 4) is 17.5 Å². The first-order valence-corrected chi connectivity index (χ1v) is 5.33. The van der Waals surface area contributed by atoms with Gasteiger partial charge >= 0.3 is 0 Å². The Bertz CT molecular complexity index is 572. The first-order chi connectivity index (χ1) is 8.24. The van der Waals surface area contributed by atoms with Crippen LogP contribution in [-0.4, -0.2) is 17.0 Å². The van der Waals surface area contributed by atoms with Crippen LogP contribution in [0.3, 0.4) is 0 Å². The van der Waals surface area contributed by atoms with E-state index in [0.29, 0.717) is 22.2 Å². The van der Waals surface area contributed by atoms with Crippen molar-refractivity contribution in [2.75, 3.05) is 12.4 Å². The molecule has 0 radical (unpaired) electrons. The van der Waals surface area contributed by atoms with Crippen molar-refractivity contribution in [3.63, 3.8) is 0 Å². The molecule has 0 fully saturated rings. The van der Waals surface area contributed by atoms with Gasteiger partial charge in [0, 0.05) is 17.6 Å². The van der Waals surface area contributed by atoms with Crippen molar-refractivity contribution >= 4 is 17.4 Å². The molecule has 0 bridgehead atoms. The highest BCUT2D eigenvalue weighted by Gasteiger charge is 2.06. The van der Waals surface area contributed by atoms with Crippen LogP contribution in [0, 0.1) is 11.3 Å². The van der Waals surface area contributed by atoms with Gasteiger partial charge in [-0.1, -0.05) is 11.6 Å². The topological polar surface area (TPSA) is 61.6 Å². The molecule has 0 saturated carbocycles. The number of anilines is 1. The summed E-state index contributed by atoms with van der Waals surface area (Å²) >= 11 is 5.81. The lowest BCUT2D eigenvalue weighted by Crippen LogP contribution is -1.99. The maximum atomic E-state index is 8.86. The monoisotopic (exact) mass is 244 g/mol. The maximum Gasteiger partial charge on any atom is 0.161 e. The van der Waals surface area contributed by atoms with Crippen LogP contribution in [0.5, 0.6) is 0 Å². The zero-order chi connectivity index (χ0) is 12.3. The molecule has 0 aliphatic carbocycles. The van der Waals surface area contributed by atoms with E-state index in [2.05, 4.69) is 15.3 Å². The lowest BCUT2D eigenvalue weighted by molar-refractivity contribution is 1.15. The molecule has 1 aromatic heterocycles. The summed E-state index contributed by atoms with van der Waals surface area (Å²) in [5, 5.41) is 12.4. The van der Waals surface area contributed by atoms with Gasteiger partial charge in [-0.25, -0.2) is 9.97 Å². The lowest BCUT2D eigenvalue weighted by Gasteiger charge is -2.05. The molecule has 1 N–H and O–H groups in total. The molecule has 0 atom stereocenters. The van der Waals surface area contributed by atoms with Crippen molar-refractivity contribution in [3.05, 3.63) is 41.0 Å². The first-order valence-electron chi connectivity index (χ1n) is 4.95. The highest BCUT2D eigenvalue weighted by Crippen LogP contribution is 2.20. The van der Waals surface area contributed by atoms with Gasteiger partial charge in [0.25, 0.3) is 0 Å². The highest BCUT2D eigenvalue weighted by atomic mass is 35.5. The summed E-state index contributed by atoms with van der Waals surface area (Å²) < 4.78 is 0. The molecule has 0 spiro atoms. The van der Waals surface area contributed by atoms with Crippen molar-refractivity contribution in [2.24, 2.45) is 0 Å². The predicted octanol–water partition coefficient (Wildman–Crippen LogP) is 2.71. The molecule has 2 rings (SSSR count). The number of aromatic nitrogens is 2. The highest BCUT2D eigenvalue weighted by molar-refractivity contribution is 6.30. The largest absolute Gasteiger partial charge is 0.372 e. The van der Waals surface area contributed by atoms with Crippen molar-refractivity contribution in [1.82, 2.24) is 9.97 Å². The minimum atomic E-state index is 0.421. The van der Waals surface area contributed by atoms with Crippen LogP contribution in [0.15, 0.2) is 30.5 Å². The second-order valence-electron chi connectivity index (χ2n) is 3.32. The predicted molar refractivity (Wildman–Crippen MR) is 66.7 cm³/mol. The van der Waals surface area contributed by atoms with Crippen LogP contribution < -0.4 is 5.32 Å². The third-order valence-electron chi connectivity index (χ3n) is 2.25.